The summed E-state index contributed by atoms with van der Waals surface area (Å²) in [6.45, 7) is 0.0145. The molecule has 0 bridgehead atoms. The molecule has 0 saturated heterocycles. The molecule has 0 fully saturated rings. The molecule has 12 heteroatoms. The summed E-state index contributed by atoms with van der Waals surface area (Å²) < 4.78 is 11.3. The number of methoxy groups -OCH3 is 1. The lowest BCUT2D eigenvalue weighted by molar-refractivity contribution is -0.385. The number of nitrogens with one attached hydrogen (secondary N) is 3. The van der Waals surface area contributed by atoms with Gasteiger partial charge in [0.15, 0.2) is 11.5 Å². The lowest BCUT2D eigenvalue weighted by Crippen LogP contribution is -2.07. The van der Waals surface area contributed by atoms with Crippen LogP contribution in [0.15, 0.2) is 108 Å². The summed E-state index contributed by atoms with van der Waals surface area (Å²) in [5.41, 5.74) is 5.65. The molecule has 1 heterocycles. The zero-order valence-electron chi connectivity index (χ0n) is 22.5. The summed E-state index contributed by atoms with van der Waals surface area (Å²) in [4.78, 5) is 24.2. The van der Waals surface area contributed by atoms with Gasteiger partial charge in [0, 0.05) is 17.4 Å². The van der Waals surface area contributed by atoms with Crippen molar-refractivity contribution >= 4 is 41.1 Å². The lowest BCUT2D eigenvalue weighted by atomic mass is 10.2. The summed E-state index contributed by atoms with van der Waals surface area (Å²) in [6.07, 6.45) is 1.58. The van der Waals surface area contributed by atoms with E-state index in [0.29, 0.717) is 34.5 Å². The molecule has 210 valence electrons. The standard InChI is InChI=1S/C30H26N8O4/c1-41-27-18-21(16-17-26(27)42-20-22-10-8-9-15-25(22)38(39)40)19-31-37-30-35-28(32-23-11-4-2-5-12-23)34-29(36-30)33-24-13-6-3-7-14-24/h2-19H,20H2,1H3,(H3,32,33,34,35,36,37)/b31-19+. The summed E-state index contributed by atoms with van der Waals surface area (Å²) in [5, 5.41) is 21.9. The van der Waals surface area contributed by atoms with E-state index in [1.54, 1.807) is 42.6 Å². The van der Waals surface area contributed by atoms with Crippen LogP contribution in [0.1, 0.15) is 11.1 Å². The quantitative estimate of drug-likeness (QED) is 0.0898. The number of ether oxygens (including phenoxy) is 2. The topological polar surface area (TPSA) is 149 Å². The average molecular weight is 563 g/mol. The summed E-state index contributed by atoms with van der Waals surface area (Å²) in [6, 6.07) is 30.8. The minimum Gasteiger partial charge on any atom is -0.493 e. The number of nitro groups is 1. The number of anilines is 5. The third-order valence-corrected chi connectivity index (χ3v) is 5.83. The molecule has 0 aliphatic heterocycles. The highest BCUT2D eigenvalue weighted by Gasteiger charge is 2.14. The molecule has 4 aromatic carbocycles. The fourth-order valence-corrected chi connectivity index (χ4v) is 3.85. The summed E-state index contributed by atoms with van der Waals surface area (Å²) >= 11 is 0. The molecule has 0 aliphatic carbocycles. The Morgan fingerprint density at radius 1 is 0.786 bits per heavy atom. The van der Waals surface area contributed by atoms with Gasteiger partial charge in [0.1, 0.15) is 6.61 Å². The number of benzene rings is 4. The maximum absolute atomic E-state index is 11.3. The second-order valence-corrected chi connectivity index (χ2v) is 8.74. The number of nitro benzene ring substituents is 1. The smallest absolute Gasteiger partial charge is 0.276 e. The van der Waals surface area contributed by atoms with Crippen molar-refractivity contribution in [3.63, 3.8) is 0 Å². The summed E-state index contributed by atoms with van der Waals surface area (Å²) in [7, 11) is 1.51. The third-order valence-electron chi connectivity index (χ3n) is 5.83. The van der Waals surface area contributed by atoms with Crippen molar-refractivity contribution in [3.05, 3.63) is 124 Å². The van der Waals surface area contributed by atoms with Gasteiger partial charge in [0.25, 0.3) is 5.69 Å². The fraction of sp³-hybridized carbons (Fsp3) is 0.0667. The number of aromatic nitrogens is 3. The SMILES string of the molecule is COc1cc(/C=N/Nc2nc(Nc3ccccc3)nc(Nc3ccccc3)n2)ccc1OCc1ccccc1[N+](=O)[O-]. The van der Waals surface area contributed by atoms with Gasteiger partial charge in [0.2, 0.25) is 17.8 Å². The van der Waals surface area contributed by atoms with Crippen molar-refractivity contribution in [2.45, 2.75) is 6.61 Å². The van der Waals surface area contributed by atoms with Gasteiger partial charge in [-0.2, -0.15) is 20.1 Å². The van der Waals surface area contributed by atoms with Gasteiger partial charge in [-0.3, -0.25) is 10.1 Å². The third kappa shape index (κ3) is 7.33. The van der Waals surface area contributed by atoms with Crippen molar-refractivity contribution in [1.29, 1.82) is 0 Å². The van der Waals surface area contributed by atoms with E-state index in [0.717, 1.165) is 11.4 Å². The molecule has 3 N–H and O–H groups in total. The Morgan fingerprint density at radius 2 is 1.38 bits per heavy atom. The van der Waals surface area contributed by atoms with Crippen LogP contribution < -0.4 is 25.5 Å². The van der Waals surface area contributed by atoms with Crippen LogP contribution in [0.3, 0.4) is 0 Å². The second-order valence-electron chi connectivity index (χ2n) is 8.74. The molecule has 0 radical (unpaired) electrons. The van der Waals surface area contributed by atoms with Crippen LogP contribution in [0.4, 0.5) is 34.9 Å². The second kappa shape index (κ2) is 13.3. The zero-order chi connectivity index (χ0) is 29.1. The number of para-hydroxylation sites is 3. The van der Waals surface area contributed by atoms with Crippen molar-refractivity contribution < 1.29 is 14.4 Å². The highest BCUT2D eigenvalue weighted by Crippen LogP contribution is 2.29. The highest BCUT2D eigenvalue weighted by atomic mass is 16.6. The molecule has 5 rings (SSSR count). The van der Waals surface area contributed by atoms with Crippen LogP contribution >= 0.6 is 0 Å². The van der Waals surface area contributed by atoms with E-state index in [1.165, 1.54) is 13.2 Å². The number of rotatable bonds is 12. The highest BCUT2D eigenvalue weighted by molar-refractivity contribution is 5.81. The summed E-state index contributed by atoms with van der Waals surface area (Å²) in [5.74, 6) is 1.76. The zero-order valence-corrected chi connectivity index (χ0v) is 22.5. The molecule has 0 atom stereocenters. The van der Waals surface area contributed by atoms with Gasteiger partial charge < -0.3 is 20.1 Å². The molecule has 0 aliphatic rings. The molecule has 1 aromatic heterocycles. The van der Waals surface area contributed by atoms with E-state index < -0.39 is 4.92 Å². The first-order chi connectivity index (χ1) is 20.6. The van der Waals surface area contributed by atoms with E-state index >= 15 is 0 Å². The van der Waals surface area contributed by atoms with Gasteiger partial charge in [-0.25, -0.2) is 5.43 Å². The number of hydrogen-bond acceptors (Lipinski definition) is 11. The van der Waals surface area contributed by atoms with E-state index in [1.807, 2.05) is 60.7 Å². The predicted octanol–water partition coefficient (Wildman–Crippen LogP) is 6.30. The monoisotopic (exact) mass is 562 g/mol. The van der Waals surface area contributed by atoms with Crippen LogP contribution in [-0.4, -0.2) is 33.2 Å². The molecule has 42 heavy (non-hydrogen) atoms. The minimum atomic E-state index is -0.434. The van der Waals surface area contributed by atoms with E-state index in [-0.39, 0.29) is 18.2 Å². The van der Waals surface area contributed by atoms with Crippen molar-refractivity contribution in [2.75, 3.05) is 23.2 Å². The Balaban J connectivity index is 1.30. The van der Waals surface area contributed by atoms with E-state index in [4.69, 9.17) is 9.47 Å². The molecular weight excluding hydrogens is 536 g/mol. The van der Waals surface area contributed by atoms with Crippen LogP contribution in [0.5, 0.6) is 11.5 Å². The van der Waals surface area contributed by atoms with Gasteiger partial charge in [-0.05, 0) is 54.1 Å². The van der Waals surface area contributed by atoms with Crippen molar-refractivity contribution in [3.8, 4) is 11.5 Å². The van der Waals surface area contributed by atoms with Gasteiger partial charge in [-0.15, -0.1) is 0 Å². The fourth-order valence-electron chi connectivity index (χ4n) is 3.85. The molecule has 0 spiro atoms. The average Bonchev–Trinajstić information content (AvgIpc) is 3.01. The van der Waals surface area contributed by atoms with Gasteiger partial charge in [-0.1, -0.05) is 48.5 Å². The first kappa shape index (κ1) is 27.5. The minimum absolute atomic E-state index is 0.00567. The largest absolute Gasteiger partial charge is 0.493 e. The number of hydrogen-bond donors (Lipinski definition) is 3. The van der Waals surface area contributed by atoms with Crippen LogP contribution in [0.2, 0.25) is 0 Å². The molecule has 12 nitrogen and oxygen atoms in total. The van der Waals surface area contributed by atoms with E-state index in [9.17, 15) is 10.1 Å². The maximum Gasteiger partial charge on any atom is 0.276 e. The Labute approximate surface area is 241 Å². The molecule has 0 saturated carbocycles. The van der Waals surface area contributed by atoms with Crippen LogP contribution in [0.25, 0.3) is 0 Å². The van der Waals surface area contributed by atoms with Crippen molar-refractivity contribution in [1.82, 2.24) is 15.0 Å². The first-order valence-electron chi connectivity index (χ1n) is 12.8. The Morgan fingerprint density at radius 3 is 2.00 bits per heavy atom. The molecular formula is C30H26N8O4. The normalized spacial score (nSPS) is 10.7. The van der Waals surface area contributed by atoms with Crippen LogP contribution in [-0.2, 0) is 6.61 Å². The lowest BCUT2D eigenvalue weighted by Gasteiger charge is -2.11. The maximum atomic E-state index is 11.3. The Hall–Kier alpha value is -6.04. The predicted molar refractivity (Wildman–Crippen MR) is 161 cm³/mol. The molecule has 5 aromatic rings. The van der Waals surface area contributed by atoms with Gasteiger partial charge in [0.05, 0.1) is 23.8 Å². The Bertz CT molecular complexity index is 1620. The van der Waals surface area contributed by atoms with Crippen LogP contribution in [0, 0.1) is 10.1 Å². The Kier molecular flexibility index (Phi) is 8.75. The first-order valence-corrected chi connectivity index (χ1v) is 12.8. The van der Waals surface area contributed by atoms with Gasteiger partial charge >= 0.3 is 0 Å². The number of nitrogens with zero attached hydrogens (tertiary/aromatic N) is 5. The molecule has 0 unspecified atom stereocenters. The van der Waals surface area contributed by atoms with Crippen molar-refractivity contribution in [2.24, 2.45) is 5.10 Å². The molecule has 0 amide bonds. The van der Waals surface area contributed by atoms with E-state index in [2.05, 4.69) is 36.1 Å². The number of hydrazone groups is 1.